The summed E-state index contributed by atoms with van der Waals surface area (Å²) in [5, 5.41) is 16.6. The second kappa shape index (κ2) is 13.4. The van der Waals surface area contributed by atoms with Gasteiger partial charge in [0.2, 0.25) is 0 Å². The molecule has 11 heteroatoms. The number of hydrogen-bond acceptors (Lipinski definition) is 6. The van der Waals surface area contributed by atoms with E-state index in [2.05, 4.69) is 39.0 Å². The molecule has 37 heavy (non-hydrogen) atoms. The lowest BCUT2D eigenvalue weighted by Crippen LogP contribution is -2.46. The Hall–Kier alpha value is -3.89. The summed E-state index contributed by atoms with van der Waals surface area (Å²) in [6.45, 7) is 5.51. The van der Waals surface area contributed by atoms with Gasteiger partial charge in [0.1, 0.15) is 0 Å². The van der Waals surface area contributed by atoms with Gasteiger partial charge in [0.25, 0.3) is 5.56 Å². The summed E-state index contributed by atoms with van der Waals surface area (Å²) in [5.41, 5.74) is 1.17. The van der Waals surface area contributed by atoms with Crippen LogP contribution in [-0.2, 0) is 16.1 Å². The molecule has 1 fully saturated rings. The lowest BCUT2D eigenvalue weighted by atomic mass is 10.2. The summed E-state index contributed by atoms with van der Waals surface area (Å²) < 4.78 is 1.28. The van der Waals surface area contributed by atoms with E-state index >= 15 is 0 Å². The molecule has 0 saturated carbocycles. The van der Waals surface area contributed by atoms with Crippen molar-refractivity contribution in [3.8, 4) is 0 Å². The fourth-order valence-corrected chi connectivity index (χ4v) is 4.21. The number of benzene rings is 2. The Balaban J connectivity index is 0.000000414. The highest BCUT2D eigenvalue weighted by molar-refractivity contribution is 6.31. The Labute approximate surface area is 218 Å². The van der Waals surface area contributed by atoms with Crippen LogP contribution in [0.1, 0.15) is 12.8 Å². The number of aliphatic carboxylic acids is 2. The number of aromatic amines is 1. The van der Waals surface area contributed by atoms with Crippen LogP contribution in [0.3, 0.4) is 0 Å². The van der Waals surface area contributed by atoms with Gasteiger partial charge in [-0.25, -0.2) is 14.4 Å². The number of rotatable bonds is 8. The van der Waals surface area contributed by atoms with Crippen LogP contribution < -0.4 is 16.1 Å². The van der Waals surface area contributed by atoms with Crippen molar-refractivity contribution in [2.45, 2.75) is 19.4 Å². The van der Waals surface area contributed by atoms with Crippen molar-refractivity contribution in [1.82, 2.24) is 14.5 Å². The van der Waals surface area contributed by atoms with Crippen LogP contribution in [0, 0.1) is 0 Å². The van der Waals surface area contributed by atoms with E-state index in [1.54, 1.807) is 18.2 Å². The standard InChI is InChI=1S/C22H25ClN4O2.C4H4O4/c23-17-8-9-20-19(16-17)21(28)27(22(29)24-20)11-5-4-10-25-12-14-26(15-13-25)18-6-2-1-3-7-18;5-3(6)1-2-4(7)8/h1-3,6-9,16H,4-5,10-15H2,(H,24,29);1-2H,(H,5,6)(H,7,8)/b;2-1+. The molecule has 1 aliphatic rings. The number of anilines is 1. The van der Waals surface area contributed by atoms with E-state index in [-0.39, 0.29) is 11.2 Å². The Kier molecular flexibility index (Phi) is 10.0. The fraction of sp³-hybridized carbons (Fsp3) is 0.308. The van der Waals surface area contributed by atoms with Crippen molar-refractivity contribution in [3.63, 3.8) is 0 Å². The molecule has 3 N–H and O–H groups in total. The van der Waals surface area contributed by atoms with Crippen molar-refractivity contribution >= 4 is 40.1 Å². The predicted octanol–water partition coefficient (Wildman–Crippen LogP) is 2.66. The smallest absolute Gasteiger partial charge is 0.328 e. The van der Waals surface area contributed by atoms with E-state index in [1.807, 2.05) is 6.07 Å². The molecule has 196 valence electrons. The van der Waals surface area contributed by atoms with Crippen molar-refractivity contribution in [3.05, 3.63) is 86.5 Å². The average molecular weight is 529 g/mol. The normalized spacial score (nSPS) is 13.9. The molecule has 0 unspecified atom stereocenters. The first kappa shape index (κ1) is 27.7. The number of para-hydroxylation sites is 1. The molecule has 1 aromatic heterocycles. The maximum atomic E-state index is 12.6. The van der Waals surface area contributed by atoms with E-state index in [1.165, 1.54) is 10.3 Å². The third-order valence-corrected chi connectivity index (χ3v) is 6.15. The van der Waals surface area contributed by atoms with Crippen LogP contribution in [0.2, 0.25) is 5.02 Å². The number of piperazine rings is 1. The van der Waals surface area contributed by atoms with Gasteiger partial charge in [0.05, 0.1) is 10.9 Å². The quantitative estimate of drug-likeness (QED) is 0.300. The first-order chi connectivity index (χ1) is 17.7. The van der Waals surface area contributed by atoms with Gasteiger partial charge < -0.3 is 20.1 Å². The van der Waals surface area contributed by atoms with Crippen molar-refractivity contribution in [1.29, 1.82) is 0 Å². The molecule has 0 aliphatic carbocycles. The Morgan fingerprint density at radius 2 is 1.51 bits per heavy atom. The number of fused-ring (bicyclic) bond motifs is 1. The maximum absolute atomic E-state index is 12.6. The van der Waals surface area contributed by atoms with Crippen LogP contribution in [0.15, 0.2) is 70.3 Å². The van der Waals surface area contributed by atoms with Gasteiger partial charge in [-0.1, -0.05) is 29.8 Å². The first-order valence-corrected chi connectivity index (χ1v) is 12.2. The molecular weight excluding hydrogens is 500 g/mol. The Morgan fingerprint density at radius 1 is 0.892 bits per heavy atom. The van der Waals surface area contributed by atoms with E-state index in [0.29, 0.717) is 34.6 Å². The van der Waals surface area contributed by atoms with Crippen molar-refractivity contribution in [2.24, 2.45) is 0 Å². The number of carboxylic acid groups (broad SMARTS) is 2. The number of unbranched alkanes of at least 4 members (excludes halogenated alkanes) is 1. The lowest BCUT2D eigenvalue weighted by molar-refractivity contribution is -0.134. The monoisotopic (exact) mass is 528 g/mol. The summed E-state index contributed by atoms with van der Waals surface area (Å²) in [4.78, 5) is 51.6. The molecule has 1 saturated heterocycles. The lowest BCUT2D eigenvalue weighted by Gasteiger charge is -2.36. The topological polar surface area (TPSA) is 136 Å². The molecular formula is C26H29ClN4O6. The van der Waals surface area contributed by atoms with Crippen molar-refractivity contribution in [2.75, 3.05) is 37.6 Å². The molecule has 0 amide bonds. The molecule has 4 rings (SSSR count). The zero-order valence-corrected chi connectivity index (χ0v) is 20.9. The highest BCUT2D eigenvalue weighted by Crippen LogP contribution is 2.16. The van der Waals surface area contributed by atoms with Gasteiger partial charge in [-0.15, -0.1) is 0 Å². The SMILES string of the molecule is O=C(O)/C=C/C(=O)O.O=c1[nH]c2ccc(Cl)cc2c(=O)n1CCCCN1CCN(c2ccccc2)CC1. The summed E-state index contributed by atoms with van der Waals surface area (Å²) in [7, 11) is 0. The number of hydrogen-bond donors (Lipinski definition) is 3. The second-order valence-electron chi connectivity index (χ2n) is 8.46. The van der Waals surface area contributed by atoms with Gasteiger partial charge in [-0.05, 0) is 49.7 Å². The highest BCUT2D eigenvalue weighted by atomic mass is 35.5. The van der Waals surface area contributed by atoms with Gasteiger partial charge >= 0.3 is 17.6 Å². The minimum absolute atomic E-state index is 0.275. The van der Waals surface area contributed by atoms with Gasteiger partial charge in [-0.3, -0.25) is 14.3 Å². The first-order valence-electron chi connectivity index (χ1n) is 11.8. The van der Waals surface area contributed by atoms with Crippen LogP contribution in [0.5, 0.6) is 0 Å². The summed E-state index contributed by atoms with van der Waals surface area (Å²) in [6.07, 6.45) is 2.85. The molecule has 0 radical (unpaired) electrons. The Morgan fingerprint density at radius 3 is 2.14 bits per heavy atom. The van der Waals surface area contributed by atoms with Gasteiger partial charge in [0, 0.05) is 55.6 Å². The minimum Gasteiger partial charge on any atom is -0.478 e. The largest absolute Gasteiger partial charge is 0.478 e. The maximum Gasteiger partial charge on any atom is 0.328 e. The molecule has 0 spiro atoms. The summed E-state index contributed by atoms with van der Waals surface area (Å²) in [6, 6.07) is 15.4. The van der Waals surface area contributed by atoms with E-state index in [9.17, 15) is 19.2 Å². The molecule has 3 aromatic rings. The minimum atomic E-state index is -1.26. The van der Waals surface area contributed by atoms with Gasteiger partial charge in [0.15, 0.2) is 0 Å². The number of halogens is 1. The second-order valence-corrected chi connectivity index (χ2v) is 8.89. The van der Waals surface area contributed by atoms with Crippen molar-refractivity contribution < 1.29 is 19.8 Å². The number of carbonyl (C=O) groups is 2. The van der Waals surface area contributed by atoms with E-state index in [4.69, 9.17) is 21.8 Å². The van der Waals surface area contributed by atoms with Gasteiger partial charge in [-0.2, -0.15) is 0 Å². The molecule has 2 heterocycles. The third kappa shape index (κ3) is 8.33. The van der Waals surface area contributed by atoms with Crippen LogP contribution in [0.25, 0.3) is 10.9 Å². The molecule has 0 bridgehead atoms. The number of aromatic nitrogens is 2. The zero-order chi connectivity index (χ0) is 26.8. The summed E-state index contributed by atoms with van der Waals surface area (Å²) in [5.74, 6) is -2.51. The van der Waals surface area contributed by atoms with E-state index in [0.717, 1.165) is 45.6 Å². The number of H-pyrrole nitrogens is 1. The number of carboxylic acids is 2. The molecule has 1 aliphatic heterocycles. The molecule has 0 atom stereocenters. The number of nitrogens with zero attached hydrogens (tertiary/aromatic N) is 3. The number of nitrogens with one attached hydrogen (secondary N) is 1. The molecule has 2 aromatic carbocycles. The van der Waals surface area contributed by atoms with E-state index < -0.39 is 11.9 Å². The highest BCUT2D eigenvalue weighted by Gasteiger charge is 2.16. The van der Waals surface area contributed by atoms with Crippen LogP contribution in [-0.4, -0.2) is 69.3 Å². The Bertz CT molecular complexity index is 1340. The zero-order valence-electron chi connectivity index (χ0n) is 20.2. The van der Waals surface area contributed by atoms with Crippen LogP contribution in [0.4, 0.5) is 5.69 Å². The van der Waals surface area contributed by atoms with Crippen LogP contribution >= 0.6 is 11.6 Å². The predicted molar refractivity (Wildman–Crippen MR) is 143 cm³/mol. The fourth-order valence-electron chi connectivity index (χ4n) is 4.04. The molecule has 10 nitrogen and oxygen atoms in total. The third-order valence-electron chi connectivity index (χ3n) is 5.91. The summed E-state index contributed by atoms with van der Waals surface area (Å²) >= 11 is 6.00. The average Bonchev–Trinajstić information content (AvgIpc) is 2.89.